The molecule has 2 rings (SSSR count). The molecule has 0 aliphatic rings. The Labute approximate surface area is 125 Å². The first-order valence-corrected chi connectivity index (χ1v) is 6.86. The Balaban J connectivity index is 2.06. The molecule has 1 heterocycles. The summed E-state index contributed by atoms with van der Waals surface area (Å²) in [5.41, 5.74) is 1.18. The fourth-order valence-electron chi connectivity index (χ4n) is 1.48. The first-order chi connectivity index (χ1) is 10.1. The molecule has 0 spiro atoms. The number of benzene rings is 1. The van der Waals surface area contributed by atoms with Gasteiger partial charge in [0.25, 0.3) is 5.91 Å². The van der Waals surface area contributed by atoms with Crippen molar-refractivity contribution in [2.24, 2.45) is 0 Å². The molecule has 0 aliphatic carbocycles. The highest BCUT2D eigenvalue weighted by molar-refractivity contribution is 7.13. The zero-order valence-electron chi connectivity index (χ0n) is 11.1. The van der Waals surface area contributed by atoms with Crippen molar-refractivity contribution in [1.82, 2.24) is 4.98 Å². The highest BCUT2D eigenvalue weighted by Crippen LogP contribution is 2.17. The number of aromatic hydroxyl groups is 1. The van der Waals surface area contributed by atoms with Gasteiger partial charge >= 0.3 is 0 Å². The highest BCUT2D eigenvalue weighted by atomic mass is 32.1. The average molecular weight is 300 g/mol. The number of carbonyl (C=O) groups is 1. The molecule has 2 aromatic rings. The summed E-state index contributed by atoms with van der Waals surface area (Å²) >= 11 is 1.38. The lowest BCUT2D eigenvalue weighted by Gasteiger charge is -2.04. The Kier molecular flexibility index (Phi) is 4.53. The number of carbonyl (C=O) groups excluding carboxylic acids is 1. The van der Waals surface area contributed by atoms with Crippen LogP contribution < -0.4 is 10.6 Å². The van der Waals surface area contributed by atoms with E-state index in [2.05, 4.69) is 15.6 Å². The van der Waals surface area contributed by atoms with E-state index >= 15 is 0 Å². The number of hydrogen-bond donors (Lipinski definition) is 3. The van der Waals surface area contributed by atoms with Crippen molar-refractivity contribution >= 4 is 28.1 Å². The Morgan fingerprint density at radius 2 is 2.33 bits per heavy atom. The third-order valence-corrected chi connectivity index (χ3v) is 3.32. The van der Waals surface area contributed by atoms with Crippen LogP contribution in [0.25, 0.3) is 0 Å². The van der Waals surface area contributed by atoms with E-state index in [1.54, 1.807) is 12.1 Å². The molecule has 0 radical (unpaired) electrons. The van der Waals surface area contributed by atoms with Crippen LogP contribution in [0.3, 0.4) is 0 Å². The van der Waals surface area contributed by atoms with Crippen molar-refractivity contribution in [1.29, 1.82) is 5.26 Å². The molecule has 0 aliphatic heterocycles. The van der Waals surface area contributed by atoms with Gasteiger partial charge in [-0.2, -0.15) is 5.26 Å². The number of nitrogens with one attached hydrogen (secondary N) is 2. The van der Waals surface area contributed by atoms with Gasteiger partial charge in [0, 0.05) is 23.3 Å². The van der Waals surface area contributed by atoms with E-state index < -0.39 is 5.91 Å². The Morgan fingerprint density at radius 1 is 1.52 bits per heavy atom. The second-order valence-electron chi connectivity index (χ2n) is 4.11. The van der Waals surface area contributed by atoms with Gasteiger partial charge in [0.05, 0.1) is 5.69 Å². The molecule has 1 aromatic carbocycles. The van der Waals surface area contributed by atoms with E-state index in [9.17, 15) is 9.90 Å². The van der Waals surface area contributed by atoms with Crippen molar-refractivity contribution in [2.75, 3.05) is 10.6 Å². The number of phenolic OH excluding ortho intramolecular Hbond substituents is 1. The van der Waals surface area contributed by atoms with Gasteiger partial charge in [-0.3, -0.25) is 4.79 Å². The summed E-state index contributed by atoms with van der Waals surface area (Å²) in [6.45, 7) is 1.85. The minimum absolute atomic E-state index is 0.0340. The van der Waals surface area contributed by atoms with E-state index in [1.807, 2.05) is 18.4 Å². The Morgan fingerprint density at radius 3 is 2.95 bits per heavy atom. The maximum Gasteiger partial charge on any atom is 0.267 e. The predicted molar refractivity (Wildman–Crippen MR) is 80.9 cm³/mol. The Hall–Kier alpha value is -2.85. The molecule has 1 aromatic heterocycles. The van der Waals surface area contributed by atoms with Gasteiger partial charge in [0.2, 0.25) is 0 Å². The molecule has 106 valence electrons. The van der Waals surface area contributed by atoms with Gasteiger partial charge in [-0.05, 0) is 19.1 Å². The SMILES string of the molecule is Cc1csc(N/C=C(/C#N)C(=O)Nc2cccc(O)c2)n1. The summed E-state index contributed by atoms with van der Waals surface area (Å²) in [5, 5.41) is 26.1. The molecule has 7 heteroatoms. The zero-order valence-corrected chi connectivity index (χ0v) is 11.9. The summed E-state index contributed by atoms with van der Waals surface area (Å²) in [5.74, 6) is -0.532. The van der Waals surface area contributed by atoms with Crippen LogP contribution in [0.5, 0.6) is 5.75 Å². The highest BCUT2D eigenvalue weighted by Gasteiger charge is 2.09. The number of phenols is 1. The standard InChI is InChI=1S/C14H12N4O2S/c1-9-8-21-14(17-9)16-7-10(6-15)13(20)18-11-3-2-4-12(19)5-11/h2-5,7-8,19H,1H3,(H,16,17)(H,18,20)/b10-7-. The number of aromatic nitrogens is 1. The van der Waals surface area contributed by atoms with Crippen LogP contribution in [0, 0.1) is 18.3 Å². The molecule has 0 bridgehead atoms. The van der Waals surface area contributed by atoms with E-state index in [0.717, 1.165) is 5.69 Å². The van der Waals surface area contributed by atoms with Gasteiger partial charge in [-0.1, -0.05) is 6.07 Å². The van der Waals surface area contributed by atoms with Gasteiger partial charge in [0.1, 0.15) is 17.4 Å². The number of rotatable bonds is 4. The smallest absolute Gasteiger partial charge is 0.267 e. The van der Waals surface area contributed by atoms with E-state index in [-0.39, 0.29) is 11.3 Å². The predicted octanol–water partition coefficient (Wildman–Crippen LogP) is 2.62. The number of amides is 1. The number of nitriles is 1. The van der Waals surface area contributed by atoms with Crippen molar-refractivity contribution in [3.05, 3.63) is 47.1 Å². The van der Waals surface area contributed by atoms with Crippen LogP contribution in [-0.4, -0.2) is 16.0 Å². The molecule has 0 saturated heterocycles. The zero-order chi connectivity index (χ0) is 15.2. The van der Waals surface area contributed by atoms with Crippen LogP contribution in [0.1, 0.15) is 5.69 Å². The van der Waals surface area contributed by atoms with Gasteiger partial charge in [-0.25, -0.2) is 4.98 Å². The number of hydrogen-bond acceptors (Lipinski definition) is 6. The summed E-state index contributed by atoms with van der Waals surface area (Å²) < 4.78 is 0. The third kappa shape index (κ3) is 4.06. The first kappa shape index (κ1) is 14.6. The van der Waals surface area contributed by atoms with Crippen LogP contribution in [0.4, 0.5) is 10.8 Å². The minimum Gasteiger partial charge on any atom is -0.508 e. The molecule has 6 nitrogen and oxygen atoms in total. The fraction of sp³-hybridized carbons (Fsp3) is 0.0714. The lowest BCUT2D eigenvalue weighted by atomic mass is 10.2. The number of thiazole rings is 1. The molecule has 0 fully saturated rings. The molecule has 1 amide bonds. The van der Waals surface area contributed by atoms with Gasteiger partial charge in [-0.15, -0.1) is 11.3 Å². The number of anilines is 2. The van der Waals surface area contributed by atoms with Crippen LogP contribution >= 0.6 is 11.3 Å². The minimum atomic E-state index is -0.566. The van der Waals surface area contributed by atoms with Crippen molar-refractivity contribution in [3.8, 4) is 11.8 Å². The van der Waals surface area contributed by atoms with Crippen LogP contribution in [-0.2, 0) is 4.79 Å². The van der Waals surface area contributed by atoms with Crippen molar-refractivity contribution in [2.45, 2.75) is 6.92 Å². The summed E-state index contributed by atoms with van der Waals surface area (Å²) in [7, 11) is 0. The topological polar surface area (TPSA) is 98.0 Å². The average Bonchev–Trinajstić information content (AvgIpc) is 2.85. The normalized spacial score (nSPS) is 10.8. The summed E-state index contributed by atoms with van der Waals surface area (Å²) in [6, 6.07) is 7.91. The van der Waals surface area contributed by atoms with Crippen molar-refractivity contribution < 1.29 is 9.90 Å². The second kappa shape index (κ2) is 6.54. The molecule has 0 atom stereocenters. The number of nitrogens with zero attached hydrogens (tertiary/aromatic N) is 2. The van der Waals surface area contributed by atoms with E-state index in [4.69, 9.17) is 5.26 Å². The summed E-state index contributed by atoms with van der Waals surface area (Å²) in [4.78, 5) is 16.1. The largest absolute Gasteiger partial charge is 0.508 e. The Bertz CT molecular complexity index is 731. The molecule has 3 N–H and O–H groups in total. The second-order valence-corrected chi connectivity index (χ2v) is 4.97. The van der Waals surface area contributed by atoms with Gasteiger partial charge < -0.3 is 15.7 Å². The van der Waals surface area contributed by atoms with Gasteiger partial charge in [0.15, 0.2) is 5.13 Å². The fourth-order valence-corrected chi connectivity index (χ4v) is 2.14. The molecule has 0 saturated carbocycles. The summed E-state index contributed by atoms with van der Waals surface area (Å²) in [6.07, 6.45) is 1.30. The number of aryl methyl sites for hydroxylation is 1. The first-order valence-electron chi connectivity index (χ1n) is 5.98. The lowest BCUT2D eigenvalue weighted by molar-refractivity contribution is -0.112. The van der Waals surface area contributed by atoms with Crippen LogP contribution in [0.15, 0.2) is 41.4 Å². The van der Waals surface area contributed by atoms with Crippen LogP contribution in [0.2, 0.25) is 0 Å². The third-order valence-electron chi connectivity index (χ3n) is 2.43. The lowest BCUT2D eigenvalue weighted by Crippen LogP contribution is -2.14. The molecular formula is C14H12N4O2S. The van der Waals surface area contributed by atoms with Crippen molar-refractivity contribution in [3.63, 3.8) is 0 Å². The van der Waals surface area contributed by atoms with E-state index in [0.29, 0.717) is 10.8 Å². The maximum atomic E-state index is 11.9. The maximum absolute atomic E-state index is 11.9. The monoisotopic (exact) mass is 300 g/mol. The molecular weight excluding hydrogens is 288 g/mol. The molecule has 21 heavy (non-hydrogen) atoms. The molecule has 0 unspecified atom stereocenters. The quantitative estimate of drug-likeness (QED) is 0.595. The van der Waals surface area contributed by atoms with E-state index in [1.165, 1.54) is 29.7 Å².